The van der Waals surface area contributed by atoms with Crippen LogP contribution in [-0.2, 0) is 0 Å². The fourth-order valence-electron chi connectivity index (χ4n) is 2.27. The summed E-state index contributed by atoms with van der Waals surface area (Å²) in [6, 6.07) is 10.7. The molecule has 0 fully saturated rings. The van der Waals surface area contributed by atoms with Crippen LogP contribution in [0.2, 0.25) is 0 Å². The lowest BCUT2D eigenvalue weighted by Crippen LogP contribution is -1.94. The van der Waals surface area contributed by atoms with Gasteiger partial charge in [-0.3, -0.25) is 15.1 Å². The molecule has 0 saturated carbocycles. The molecule has 0 radical (unpaired) electrons. The van der Waals surface area contributed by atoms with Gasteiger partial charge >= 0.3 is 0 Å². The molecule has 2 rings (SSSR count). The summed E-state index contributed by atoms with van der Waals surface area (Å²) in [6.45, 7) is 6.02. The van der Waals surface area contributed by atoms with Crippen molar-refractivity contribution >= 4 is 17.6 Å². The lowest BCUT2D eigenvalue weighted by Gasteiger charge is -2.06. The third kappa shape index (κ3) is 2.91. The van der Waals surface area contributed by atoms with Gasteiger partial charge in [-0.2, -0.15) is 0 Å². The number of benzene rings is 2. The number of para-hydroxylation sites is 1. The van der Waals surface area contributed by atoms with Crippen LogP contribution >= 0.6 is 0 Å². The molecule has 0 unspecified atom stereocenters. The summed E-state index contributed by atoms with van der Waals surface area (Å²) in [4.78, 5) is 15.0. The third-order valence-electron chi connectivity index (χ3n) is 3.10. The van der Waals surface area contributed by atoms with Crippen LogP contribution in [0.5, 0.6) is 0 Å². The zero-order chi connectivity index (χ0) is 14.7. The van der Waals surface area contributed by atoms with E-state index < -0.39 is 4.92 Å². The Morgan fingerprint density at radius 3 is 2.30 bits per heavy atom. The van der Waals surface area contributed by atoms with Crippen molar-refractivity contribution in [3.05, 3.63) is 68.8 Å². The van der Waals surface area contributed by atoms with Crippen molar-refractivity contribution in [3.8, 4) is 0 Å². The number of aryl methyl sites for hydroxylation is 3. The quantitative estimate of drug-likeness (QED) is 0.474. The second kappa shape index (κ2) is 5.65. The van der Waals surface area contributed by atoms with Crippen LogP contribution in [0.25, 0.3) is 0 Å². The van der Waals surface area contributed by atoms with Gasteiger partial charge in [0.15, 0.2) is 0 Å². The number of nitrogens with zero attached hydrogens (tertiary/aromatic N) is 2. The van der Waals surface area contributed by atoms with Gasteiger partial charge in [-0.05, 0) is 38.0 Å². The van der Waals surface area contributed by atoms with E-state index in [0.717, 1.165) is 16.8 Å². The van der Waals surface area contributed by atoms with Gasteiger partial charge in [-0.1, -0.05) is 29.8 Å². The molecule has 4 heteroatoms. The molecule has 0 amide bonds. The second-order valence-electron chi connectivity index (χ2n) is 4.82. The van der Waals surface area contributed by atoms with Crippen molar-refractivity contribution in [2.45, 2.75) is 20.8 Å². The van der Waals surface area contributed by atoms with Crippen LogP contribution < -0.4 is 0 Å². The van der Waals surface area contributed by atoms with Crippen molar-refractivity contribution in [1.82, 2.24) is 0 Å². The minimum atomic E-state index is -0.393. The van der Waals surface area contributed by atoms with Crippen LogP contribution in [0, 0.1) is 30.9 Å². The Kier molecular flexibility index (Phi) is 3.94. The molecule has 0 aromatic heterocycles. The molecular weight excluding hydrogens is 252 g/mol. The lowest BCUT2D eigenvalue weighted by molar-refractivity contribution is -0.385. The highest BCUT2D eigenvalue weighted by atomic mass is 16.6. The number of rotatable bonds is 3. The highest BCUT2D eigenvalue weighted by molar-refractivity contribution is 5.87. The molecular formula is C16H16N2O2. The third-order valence-corrected chi connectivity index (χ3v) is 3.10. The van der Waals surface area contributed by atoms with Crippen molar-refractivity contribution < 1.29 is 4.92 Å². The average molecular weight is 268 g/mol. The highest BCUT2D eigenvalue weighted by Gasteiger charge is 2.10. The van der Waals surface area contributed by atoms with E-state index in [-0.39, 0.29) is 5.69 Å². The number of hydrogen-bond donors (Lipinski definition) is 0. The average Bonchev–Trinajstić information content (AvgIpc) is 2.37. The Morgan fingerprint density at radius 1 is 1.10 bits per heavy atom. The summed E-state index contributed by atoms with van der Waals surface area (Å²) < 4.78 is 0. The molecule has 0 heterocycles. The van der Waals surface area contributed by atoms with Crippen LogP contribution in [-0.4, -0.2) is 11.1 Å². The van der Waals surface area contributed by atoms with E-state index in [4.69, 9.17) is 0 Å². The van der Waals surface area contributed by atoms with E-state index in [9.17, 15) is 10.1 Å². The van der Waals surface area contributed by atoms with E-state index in [1.54, 1.807) is 24.4 Å². The van der Waals surface area contributed by atoms with E-state index >= 15 is 0 Å². The van der Waals surface area contributed by atoms with Gasteiger partial charge in [-0.25, -0.2) is 0 Å². The van der Waals surface area contributed by atoms with Gasteiger partial charge in [0.25, 0.3) is 5.69 Å². The van der Waals surface area contributed by atoms with Crippen LogP contribution in [0.15, 0.2) is 41.4 Å². The van der Waals surface area contributed by atoms with Gasteiger partial charge in [0.1, 0.15) is 0 Å². The Morgan fingerprint density at radius 2 is 1.70 bits per heavy atom. The van der Waals surface area contributed by atoms with Crippen molar-refractivity contribution in [2.24, 2.45) is 4.99 Å². The lowest BCUT2D eigenvalue weighted by atomic mass is 10.1. The Balaban J connectivity index is 2.43. The second-order valence-corrected chi connectivity index (χ2v) is 4.82. The normalized spacial score (nSPS) is 10.9. The Bertz CT molecular complexity index is 668. The van der Waals surface area contributed by atoms with Gasteiger partial charge in [0.2, 0.25) is 0 Å². The smallest absolute Gasteiger partial charge is 0.258 e. The number of nitro groups is 1. The van der Waals surface area contributed by atoms with E-state index in [0.29, 0.717) is 5.56 Å². The maximum atomic E-state index is 11.0. The molecule has 2 aromatic carbocycles. The molecule has 0 aliphatic heterocycles. The predicted molar refractivity (Wildman–Crippen MR) is 81.0 cm³/mol. The van der Waals surface area contributed by atoms with Crippen LogP contribution in [0.3, 0.4) is 0 Å². The molecule has 0 N–H and O–H groups in total. The van der Waals surface area contributed by atoms with Crippen molar-refractivity contribution in [3.63, 3.8) is 0 Å². The maximum absolute atomic E-state index is 11.0. The van der Waals surface area contributed by atoms with Crippen molar-refractivity contribution in [1.29, 1.82) is 0 Å². The van der Waals surface area contributed by atoms with E-state index in [1.165, 1.54) is 11.6 Å². The standard InChI is InChI=1S/C16H16N2O2/c1-11-8-12(2)16(13(3)9-11)17-10-14-6-4-5-7-15(14)18(19)20/h4-10H,1-3H3. The highest BCUT2D eigenvalue weighted by Crippen LogP contribution is 2.25. The molecule has 0 spiro atoms. The summed E-state index contributed by atoms with van der Waals surface area (Å²) in [5, 5.41) is 11.0. The van der Waals surface area contributed by atoms with Crippen LogP contribution in [0.4, 0.5) is 11.4 Å². The molecule has 20 heavy (non-hydrogen) atoms. The SMILES string of the molecule is Cc1cc(C)c(N=Cc2ccccc2[N+](=O)[O-])c(C)c1. The molecule has 0 aliphatic rings. The van der Waals surface area contributed by atoms with Gasteiger partial charge in [0.05, 0.1) is 16.2 Å². The predicted octanol–water partition coefficient (Wildman–Crippen LogP) is 4.27. The number of hydrogen-bond acceptors (Lipinski definition) is 3. The topological polar surface area (TPSA) is 55.5 Å². The van der Waals surface area contributed by atoms with Crippen molar-refractivity contribution in [2.75, 3.05) is 0 Å². The zero-order valence-corrected chi connectivity index (χ0v) is 11.8. The summed E-state index contributed by atoms with van der Waals surface area (Å²) in [5.74, 6) is 0. The fourth-order valence-corrected chi connectivity index (χ4v) is 2.27. The first-order chi connectivity index (χ1) is 9.49. The summed E-state index contributed by atoms with van der Waals surface area (Å²) in [5.41, 5.74) is 4.77. The Hall–Kier alpha value is -2.49. The first-order valence-corrected chi connectivity index (χ1v) is 6.34. The summed E-state index contributed by atoms with van der Waals surface area (Å²) >= 11 is 0. The number of aliphatic imine (C=N–C) groups is 1. The first kappa shape index (κ1) is 13.9. The monoisotopic (exact) mass is 268 g/mol. The van der Waals surface area contributed by atoms with E-state index in [1.807, 2.05) is 20.8 Å². The molecule has 0 saturated heterocycles. The largest absolute Gasteiger partial charge is 0.278 e. The molecule has 4 nitrogen and oxygen atoms in total. The fraction of sp³-hybridized carbons (Fsp3) is 0.188. The van der Waals surface area contributed by atoms with Gasteiger partial charge in [-0.15, -0.1) is 0 Å². The minimum Gasteiger partial charge on any atom is -0.258 e. The number of nitro benzene ring substituents is 1. The summed E-state index contributed by atoms with van der Waals surface area (Å²) in [6.07, 6.45) is 1.56. The maximum Gasteiger partial charge on any atom is 0.278 e. The molecule has 0 aliphatic carbocycles. The zero-order valence-electron chi connectivity index (χ0n) is 11.8. The van der Waals surface area contributed by atoms with E-state index in [2.05, 4.69) is 17.1 Å². The minimum absolute atomic E-state index is 0.0682. The molecule has 0 bridgehead atoms. The molecule has 2 aromatic rings. The molecule has 102 valence electrons. The van der Waals surface area contributed by atoms with Gasteiger partial charge in [0, 0.05) is 12.3 Å². The Labute approximate surface area is 117 Å². The van der Waals surface area contributed by atoms with Gasteiger partial charge < -0.3 is 0 Å². The van der Waals surface area contributed by atoms with Crippen LogP contribution in [0.1, 0.15) is 22.3 Å². The summed E-state index contributed by atoms with van der Waals surface area (Å²) in [7, 11) is 0. The first-order valence-electron chi connectivity index (χ1n) is 6.34. The molecule has 0 atom stereocenters.